The van der Waals surface area contributed by atoms with Crippen LogP contribution in [0.15, 0.2) is 12.7 Å². The van der Waals surface area contributed by atoms with Crippen LogP contribution in [0.2, 0.25) is 0 Å². The Hall–Kier alpha value is -1.61. The zero-order chi connectivity index (χ0) is 11.2. The number of hydrogen-bond donors (Lipinski definition) is 2. The van der Waals surface area contributed by atoms with Gasteiger partial charge >= 0.3 is 0 Å². The number of aromatic nitrogens is 8. The average molecular weight is 250 g/mol. The summed E-state index contributed by atoms with van der Waals surface area (Å²) >= 11 is 0. The van der Waals surface area contributed by atoms with E-state index in [2.05, 4.69) is 46.6 Å². The molecule has 0 saturated carbocycles. The third-order valence-electron chi connectivity index (χ3n) is 1.04. The SMILES string of the molecule is CC[N-]CC.[Cl-].c1nn[nH][nH+]1.c1nn[nH][nH+]1. The summed E-state index contributed by atoms with van der Waals surface area (Å²) in [5, 5.41) is 27.1. The molecule has 0 unspecified atom stereocenters. The quantitative estimate of drug-likeness (QED) is 0.558. The minimum absolute atomic E-state index is 0. The third-order valence-corrected chi connectivity index (χ3v) is 1.04. The zero-order valence-electron chi connectivity index (χ0n) is 9.18. The number of rotatable bonds is 2. The lowest BCUT2D eigenvalue weighted by Gasteiger charge is -2.07. The molecule has 2 aromatic rings. The summed E-state index contributed by atoms with van der Waals surface area (Å²) in [6.07, 6.45) is 2.92. The van der Waals surface area contributed by atoms with Gasteiger partial charge < -0.3 is 17.7 Å². The van der Waals surface area contributed by atoms with Crippen LogP contribution in [0.5, 0.6) is 0 Å². The molecule has 0 radical (unpaired) electrons. The molecule has 2 heterocycles. The molecule has 0 atom stereocenters. The van der Waals surface area contributed by atoms with Gasteiger partial charge in [0.15, 0.2) is 10.4 Å². The summed E-state index contributed by atoms with van der Waals surface area (Å²) < 4.78 is 0. The highest BCUT2D eigenvalue weighted by molar-refractivity contribution is 4.70. The molecule has 16 heavy (non-hydrogen) atoms. The number of H-pyrrole nitrogens is 4. The van der Waals surface area contributed by atoms with Crippen LogP contribution in [0.25, 0.3) is 5.32 Å². The molecule has 0 aliphatic heterocycles. The van der Waals surface area contributed by atoms with E-state index in [9.17, 15) is 0 Å². The highest BCUT2D eigenvalue weighted by atomic mass is 35.5. The smallest absolute Gasteiger partial charge is 0.286 e. The van der Waals surface area contributed by atoms with E-state index in [1.54, 1.807) is 0 Å². The average Bonchev–Trinajstić information content (AvgIpc) is 2.99. The summed E-state index contributed by atoms with van der Waals surface area (Å²) in [6.45, 7) is 6.03. The van der Waals surface area contributed by atoms with E-state index >= 15 is 0 Å². The van der Waals surface area contributed by atoms with Crippen molar-refractivity contribution < 1.29 is 22.6 Å². The Morgan fingerprint density at radius 3 is 1.50 bits per heavy atom. The monoisotopic (exact) mass is 249 g/mol. The van der Waals surface area contributed by atoms with Gasteiger partial charge in [0.1, 0.15) is 10.2 Å². The van der Waals surface area contributed by atoms with Gasteiger partial charge in [0, 0.05) is 0 Å². The third kappa shape index (κ3) is 14.9. The van der Waals surface area contributed by atoms with Crippen LogP contribution in [-0.4, -0.2) is 44.1 Å². The summed E-state index contributed by atoms with van der Waals surface area (Å²) in [5.74, 6) is 0. The molecule has 10 heteroatoms. The molecule has 9 nitrogen and oxygen atoms in total. The first-order chi connectivity index (χ1) is 7.41. The second kappa shape index (κ2) is 15.8. The van der Waals surface area contributed by atoms with Crippen molar-refractivity contribution >= 4 is 0 Å². The molecule has 2 aromatic heterocycles. The molecule has 0 amide bonds. The Labute approximate surface area is 99.2 Å². The first kappa shape index (κ1) is 16.8. The molecule has 0 aromatic carbocycles. The van der Waals surface area contributed by atoms with Crippen molar-refractivity contribution in [3.05, 3.63) is 18.0 Å². The number of nitrogens with zero attached hydrogens (tertiary/aromatic N) is 5. The van der Waals surface area contributed by atoms with Crippen LogP contribution in [-0.2, 0) is 0 Å². The van der Waals surface area contributed by atoms with Crippen molar-refractivity contribution in [3.63, 3.8) is 0 Å². The van der Waals surface area contributed by atoms with Gasteiger partial charge in [0.2, 0.25) is 0 Å². The van der Waals surface area contributed by atoms with E-state index in [4.69, 9.17) is 0 Å². The maximum atomic E-state index is 3.97. The number of nitrogens with one attached hydrogen (secondary N) is 4. The Bertz CT molecular complexity index is 195. The topological polar surface area (TPSA) is 126 Å². The lowest BCUT2D eigenvalue weighted by molar-refractivity contribution is -0.456. The Kier molecular flexibility index (Phi) is 16.6. The number of aromatic amines is 4. The summed E-state index contributed by atoms with van der Waals surface area (Å²) in [6, 6.07) is 0. The predicted molar refractivity (Wildman–Crippen MR) is 50.3 cm³/mol. The van der Waals surface area contributed by atoms with Gasteiger partial charge in [-0.05, 0) is 0 Å². The lowest BCUT2D eigenvalue weighted by Crippen LogP contribution is -3.00. The van der Waals surface area contributed by atoms with E-state index in [1.165, 1.54) is 12.7 Å². The van der Waals surface area contributed by atoms with Gasteiger partial charge in [-0.25, -0.2) is 0 Å². The molecule has 0 fully saturated rings. The normalized spacial score (nSPS) is 7.62. The molecule has 2 rings (SSSR count). The predicted octanol–water partition coefficient (Wildman–Crippen LogP) is -4.36. The fraction of sp³-hybridized carbons (Fsp3) is 0.667. The molecule has 0 aliphatic rings. The van der Waals surface area contributed by atoms with Crippen molar-refractivity contribution in [2.75, 3.05) is 13.1 Å². The van der Waals surface area contributed by atoms with Crippen molar-refractivity contribution in [2.24, 2.45) is 0 Å². The van der Waals surface area contributed by atoms with Crippen LogP contribution in [0, 0.1) is 0 Å². The first-order valence-electron chi connectivity index (χ1n) is 4.49. The van der Waals surface area contributed by atoms with E-state index in [0.717, 1.165) is 13.1 Å². The van der Waals surface area contributed by atoms with E-state index in [-0.39, 0.29) is 12.4 Å². The summed E-state index contributed by atoms with van der Waals surface area (Å²) in [4.78, 5) is 0. The Morgan fingerprint density at radius 2 is 1.44 bits per heavy atom. The molecule has 0 spiro atoms. The first-order valence-corrected chi connectivity index (χ1v) is 4.49. The van der Waals surface area contributed by atoms with Crippen LogP contribution >= 0.6 is 0 Å². The minimum atomic E-state index is 0. The summed E-state index contributed by atoms with van der Waals surface area (Å²) in [5.41, 5.74) is 0. The maximum Gasteiger partial charge on any atom is 0.286 e. The Morgan fingerprint density at radius 1 is 1.00 bits per heavy atom. The van der Waals surface area contributed by atoms with Gasteiger partial charge in [-0.1, -0.05) is 24.3 Å². The van der Waals surface area contributed by atoms with Crippen molar-refractivity contribution in [1.29, 1.82) is 0 Å². The van der Waals surface area contributed by atoms with E-state index in [1.807, 2.05) is 13.8 Å². The highest BCUT2D eigenvalue weighted by Crippen LogP contribution is 1.77. The van der Waals surface area contributed by atoms with Crippen LogP contribution in [0.4, 0.5) is 0 Å². The van der Waals surface area contributed by atoms with Gasteiger partial charge in [-0.15, -0.1) is 0 Å². The molecular formula is C6H16ClN9. The van der Waals surface area contributed by atoms with Gasteiger partial charge in [-0.2, -0.15) is 23.3 Å². The summed E-state index contributed by atoms with van der Waals surface area (Å²) in [7, 11) is 0. The number of tetrazole rings is 2. The van der Waals surface area contributed by atoms with Crippen LogP contribution in [0.3, 0.4) is 0 Å². The fourth-order valence-electron chi connectivity index (χ4n) is 0.512. The standard InChI is InChI=1S/C4H10N.2CH2N4.ClH/c1-3-5-4-2;2*1-2-4-5-3-1;/h3-4H2,1-2H3;2*1H,(H,2,3,4,5);1H/q-1;;;/p+1. The second-order valence-corrected chi connectivity index (χ2v) is 2.06. The fourth-order valence-corrected chi connectivity index (χ4v) is 0.512. The molecular weight excluding hydrogens is 234 g/mol. The van der Waals surface area contributed by atoms with Gasteiger partial charge in [0.25, 0.3) is 12.7 Å². The van der Waals surface area contributed by atoms with E-state index < -0.39 is 0 Å². The van der Waals surface area contributed by atoms with Crippen molar-refractivity contribution in [3.8, 4) is 0 Å². The molecule has 92 valence electrons. The lowest BCUT2D eigenvalue weighted by atomic mass is 10.7. The zero-order valence-corrected chi connectivity index (χ0v) is 9.94. The Balaban J connectivity index is 0. The van der Waals surface area contributed by atoms with Crippen LogP contribution in [0.1, 0.15) is 13.8 Å². The highest BCUT2D eigenvalue weighted by Gasteiger charge is 1.72. The molecule has 0 aliphatic carbocycles. The second-order valence-electron chi connectivity index (χ2n) is 2.06. The van der Waals surface area contributed by atoms with Gasteiger partial charge in [0.05, 0.1) is 0 Å². The largest absolute Gasteiger partial charge is 1.00 e. The molecule has 4 N–H and O–H groups in total. The number of halogens is 1. The van der Waals surface area contributed by atoms with Gasteiger partial charge in [-0.3, -0.25) is 0 Å². The van der Waals surface area contributed by atoms with E-state index in [0.29, 0.717) is 0 Å². The number of hydrogen-bond acceptors (Lipinski definition) is 4. The maximum absolute atomic E-state index is 3.97. The molecule has 0 bridgehead atoms. The van der Waals surface area contributed by atoms with Crippen molar-refractivity contribution in [2.45, 2.75) is 13.8 Å². The van der Waals surface area contributed by atoms with Crippen LogP contribution < -0.4 is 22.6 Å². The molecule has 0 saturated heterocycles. The van der Waals surface area contributed by atoms with Crippen molar-refractivity contribution in [1.82, 2.24) is 31.1 Å². The minimum Gasteiger partial charge on any atom is -1.00 e.